The molecule has 0 unspecified atom stereocenters. The molecule has 1 aliphatic rings. The zero-order valence-electron chi connectivity index (χ0n) is 7.53. The third kappa shape index (κ3) is 2.03. The fourth-order valence-electron chi connectivity index (χ4n) is 1.55. The largest absolute Gasteiger partial charge is 0.392 e. The van der Waals surface area contributed by atoms with E-state index >= 15 is 0 Å². The highest BCUT2D eigenvalue weighted by Crippen LogP contribution is 2.33. The standard InChI is InChI=1S/C8H13N3OS/c1-5-9-8(11-10-5)13-7-4-2-3-6(7)12/h6-7,12H,2-4H2,1H3,(H,9,10,11)/t6-,7-/m1/s1. The summed E-state index contributed by atoms with van der Waals surface area (Å²) in [4.78, 5) is 4.19. The molecule has 72 valence electrons. The lowest BCUT2D eigenvalue weighted by atomic mass is 10.3. The van der Waals surface area contributed by atoms with E-state index in [0.29, 0.717) is 0 Å². The number of nitrogens with zero attached hydrogens (tertiary/aromatic N) is 2. The Labute approximate surface area is 81.1 Å². The van der Waals surface area contributed by atoms with Crippen molar-refractivity contribution in [2.24, 2.45) is 0 Å². The van der Waals surface area contributed by atoms with Gasteiger partial charge in [0.1, 0.15) is 5.82 Å². The molecule has 5 heteroatoms. The molecule has 0 bridgehead atoms. The van der Waals surface area contributed by atoms with Crippen LogP contribution in [0.2, 0.25) is 0 Å². The van der Waals surface area contributed by atoms with Gasteiger partial charge in [-0.15, -0.1) is 5.10 Å². The SMILES string of the molecule is Cc1nc(S[C@@H]2CCC[C@H]2O)n[nH]1. The van der Waals surface area contributed by atoms with Gasteiger partial charge in [-0.05, 0) is 26.2 Å². The number of aliphatic hydroxyl groups excluding tert-OH is 1. The molecule has 2 atom stereocenters. The van der Waals surface area contributed by atoms with Gasteiger partial charge in [-0.3, -0.25) is 5.10 Å². The molecule has 2 N–H and O–H groups in total. The van der Waals surface area contributed by atoms with Crippen LogP contribution in [0.15, 0.2) is 5.16 Å². The first-order valence-corrected chi connectivity index (χ1v) is 5.37. The van der Waals surface area contributed by atoms with E-state index in [4.69, 9.17) is 0 Å². The van der Waals surface area contributed by atoms with Crippen molar-refractivity contribution in [2.45, 2.75) is 42.7 Å². The molecule has 2 rings (SSSR count). The van der Waals surface area contributed by atoms with Crippen LogP contribution in [-0.2, 0) is 0 Å². The van der Waals surface area contributed by atoms with Gasteiger partial charge in [0.05, 0.1) is 6.10 Å². The monoisotopic (exact) mass is 199 g/mol. The number of hydrogen-bond acceptors (Lipinski definition) is 4. The molecule has 0 amide bonds. The molecule has 4 nitrogen and oxygen atoms in total. The molecular formula is C8H13N3OS. The number of H-pyrrole nitrogens is 1. The van der Waals surface area contributed by atoms with Crippen LogP contribution in [0.5, 0.6) is 0 Å². The summed E-state index contributed by atoms with van der Waals surface area (Å²) in [6, 6.07) is 0. The van der Waals surface area contributed by atoms with Gasteiger partial charge in [0.25, 0.3) is 0 Å². The van der Waals surface area contributed by atoms with Crippen LogP contribution >= 0.6 is 11.8 Å². The average Bonchev–Trinajstić information content (AvgIpc) is 2.64. The third-order valence-electron chi connectivity index (χ3n) is 2.25. The third-order valence-corrected chi connectivity index (χ3v) is 3.50. The maximum atomic E-state index is 9.57. The number of aliphatic hydroxyl groups is 1. The maximum Gasteiger partial charge on any atom is 0.208 e. The van der Waals surface area contributed by atoms with Gasteiger partial charge in [-0.1, -0.05) is 11.8 Å². The molecule has 1 heterocycles. The van der Waals surface area contributed by atoms with Crippen molar-refractivity contribution in [2.75, 3.05) is 0 Å². The van der Waals surface area contributed by atoms with E-state index in [1.807, 2.05) is 6.92 Å². The molecule has 1 saturated carbocycles. The summed E-state index contributed by atoms with van der Waals surface area (Å²) in [5, 5.41) is 17.4. The molecule has 1 aromatic rings. The van der Waals surface area contributed by atoms with Crippen molar-refractivity contribution < 1.29 is 5.11 Å². The van der Waals surface area contributed by atoms with E-state index in [1.54, 1.807) is 11.8 Å². The van der Waals surface area contributed by atoms with Crippen molar-refractivity contribution in [1.29, 1.82) is 0 Å². The number of hydrogen-bond donors (Lipinski definition) is 2. The predicted molar refractivity (Wildman–Crippen MR) is 50.6 cm³/mol. The maximum absolute atomic E-state index is 9.57. The minimum absolute atomic E-state index is 0.177. The highest BCUT2D eigenvalue weighted by Gasteiger charge is 2.27. The number of aromatic nitrogens is 3. The Morgan fingerprint density at radius 3 is 2.92 bits per heavy atom. The smallest absolute Gasteiger partial charge is 0.208 e. The molecule has 13 heavy (non-hydrogen) atoms. The van der Waals surface area contributed by atoms with Gasteiger partial charge in [0, 0.05) is 5.25 Å². The molecule has 0 spiro atoms. The van der Waals surface area contributed by atoms with Crippen LogP contribution < -0.4 is 0 Å². The molecule has 1 fully saturated rings. The lowest BCUT2D eigenvalue weighted by molar-refractivity contribution is 0.188. The lowest BCUT2D eigenvalue weighted by Gasteiger charge is -2.10. The Bertz CT molecular complexity index is 289. The number of rotatable bonds is 2. The number of nitrogens with one attached hydrogen (secondary N) is 1. The molecular weight excluding hydrogens is 186 g/mol. The summed E-state index contributed by atoms with van der Waals surface area (Å²) in [6.07, 6.45) is 2.92. The summed E-state index contributed by atoms with van der Waals surface area (Å²) in [5.74, 6) is 0.829. The minimum atomic E-state index is -0.177. The van der Waals surface area contributed by atoms with Gasteiger partial charge in [0.15, 0.2) is 0 Å². The van der Waals surface area contributed by atoms with Crippen molar-refractivity contribution in [3.05, 3.63) is 5.82 Å². The zero-order chi connectivity index (χ0) is 9.26. The summed E-state index contributed by atoms with van der Waals surface area (Å²) in [6.45, 7) is 1.88. The van der Waals surface area contributed by atoms with Crippen LogP contribution in [0, 0.1) is 6.92 Å². The Balaban J connectivity index is 1.97. The lowest BCUT2D eigenvalue weighted by Crippen LogP contribution is -2.15. The van der Waals surface area contributed by atoms with E-state index in [-0.39, 0.29) is 11.4 Å². The van der Waals surface area contributed by atoms with Crippen LogP contribution in [0.25, 0.3) is 0 Å². The Hall–Kier alpha value is -0.550. The zero-order valence-corrected chi connectivity index (χ0v) is 8.34. The second-order valence-corrected chi connectivity index (χ2v) is 4.56. The first-order valence-electron chi connectivity index (χ1n) is 4.49. The van der Waals surface area contributed by atoms with E-state index in [1.165, 1.54) is 0 Å². The fourth-order valence-corrected chi connectivity index (χ4v) is 2.69. The van der Waals surface area contributed by atoms with Gasteiger partial charge in [0.2, 0.25) is 5.16 Å². The van der Waals surface area contributed by atoms with E-state index < -0.39 is 0 Å². The van der Waals surface area contributed by atoms with Crippen LogP contribution in [0.3, 0.4) is 0 Å². The second-order valence-electron chi connectivity index (χ2n) is 3.36. The topological polar surface area (TPSA) is 61.8 Å². The van der Waals surface area contributed by atoms with Crippen molar-refractivity contribution in [3.63, 3.8) is 0 Å². The first-order chi connectivity index (χ1) is 6.25. The normalized spacial score (nSPS) is 28.2. The molecule has 0 aliphatic heterocycles. The van der Waals surface area contributed by atoms with Crippen LogP contribution in [-0.4, -0.2) is 31.6 Å². The fraction of sp³-hybridized carbons (Fsp3) is 0.750. The van der Waals surface area contributed by atoms with Crippen molar-refractivity contribution in [1.82, 2.24) is 15.2 Å². The molecule has 1 aromatic heterocycles. The summed E-state index contributed by atoms with van der Waals surface area (Å²) in [5.41, 5.74) is 0. The number of aromatic amines is 1. The molecule has 0 aromatic carbocycles. The van der Waals surface area contributed by atoms with Crippen molar-refractivity contribution in [3.8, 4) is 0 Å². The molecule has 1 aliphatic carbocycles. The molecule has 0 radical (unpaired) electrons. The molecule has 0 saturated heterocycles. The Morgan fingerprint density at radius 2 is 2.38 bits per heavy atom. The van der Waals surface area contributed by atoms with Gasteiger partial charge >= 0.3 is 0 Å². The quantitative estimate of drug-likeness (QED) is 0.749. The van der Waals surface area contributed by atoms with Crippen molar-refractivity contribution >= 4 is 11.8 Å². The highest BCUT2D eigenvalue weighted by atomic mass is 32.2. The van der Waals surface area contributed by atoms with E-state index in [9.17, 15) is 5.11 Å². The minimum Gasteiger partial charge on any atom is -0.392 e. The predicted octanol–water partition coefficient (Wildman–Crippen LogP) is 1.12. The highest BCUT2D eigenvalue weighted by molar-refractivity contribution is 7.99. The van der Waals surface area contributed by atoms with E-state index in [2.05, 4.69) is 15.2 Å². The summed E-state index contributed by atoms with van der Waals surface area (Å²) in [7, 11) is 0. The Morgan fingerprint density at radius 1 is 1.54 bits per heavy atom. The first kappa shape index (κ1) is 9.02. The van der Waals surface area contributed by atoms with E-state index in [0.717, 1.165) is 30.2 Å². The van der Waals surface area contributed by atoms with Gasteiger partial charge < -0.3 is 5.11 Å². The number of thioether (sulfide) groups is 1. The summed E-state index contributed by atoms with van der Waals surface area (Å²) >= 11 is 1.58. The number of aryl methyl sites for hydroxylation is 1. The summed E-state index contributed by atoms with van der Waals surface area (Å²) < 4.78 is 0. The van der Waals surface area contributed by atoms with Gasteiger partial charge in [-0.25, -0.2) is 4.98 Å². The van der Waals surface area contributed by atoms with Gasteiger partial charge in [-0.2, -0.15) is 0 Å². The van der Waals surface area contributed by atoms with Crippen LogP contribution in [0.4, 0.5) is 0 Å². The van der Waals surface area contributed by atoms with Crippen LogP contribution in [0.1, 0.15) is 25.1 Å². The second kappa shape index (κ2) is 3.67. The average molecular weight is 199 g/mol. The Kier molecular flexibility index (Phi) is 2.55.